The van der Waals surface area contributed by atoms with Gasteiger partial charge >= 0.3 is 6.09 Å². The molecule has 1 aliphatic rings. The van der Waals surface area contributed by atoms with Crippen LogP contribution in [0.5, 0.6) is 5.75 Å². The van der Waals surface area contributed by atoms with Gasteiger partial charge in [0.1, 0.15) is 18.4 Å². The molecule has 4 N–H and O–H groups in total. The molecule has 2 aromatic carbocycles. The Morgan fingerprint density at radius 2 is 1.80 bits per heavy atom. The molecule has 0 spiro atoms. The number of carbonyl (C=O) groups is 3. The Hall–Kier alpha value is -5.19. The lowest BCUT2D eigenvalue weighted by molar-refractivity contribution is -0.138. The molecule has 0 radical (unpaired) electrons. The van der Waals surface area contributed by atoms with Gasteiger partial charge < -0.3 is 30.4 Å². The summed E-state index contributed by atoms with van der Waals surface area (Å²) in [6, 6.07) is 21.9. The van der Waals surface area contributed by atoms with Crippen LogP contribution in [0.15, 0.2) is 91.5 Å². The van der Waals surface area contributed by atoms with E-state index < -0.39 is 18.0 Å². The van der Waals surface area contributed by atoms with Gasteiger partial charge in [-0.15, -0.1) is 0 Å². The van der Waals surface area contributed by atoms with E-state index >= 15 is 0 Å². The molecule has 11 nitrogen and oxygen atoms in total. The zero-order valence-electron chi connectivity index (χ0n) is 24.3. The number of hydrogen-bond donors (Lipinski definition) is 4. The van der Waals surface area contributed by atoms with Crippen LogP contribution in [0.25, 0.3) is 0 Å². The minimum Gasteiger partial charge on any atom is -0.487 e. The maximum atomic E-state index is 13.8. The smallest absolute Gasteiger partial charge is 0.405 e. The van der Waals surface area contributed by atoms with Crippen LogP contribution in [0.3, 0.4) is 0 Å². The van der Waals surface area contributed by atoms with Crippen LogP contribution in [0.1, 0.15) is 41.8 Å². The minimum atomic E-state index is -1.34. The quantitative estimate of drug-likeness (QED) is 0.173. The van der Waals surface area contributed by atoms with Crippen LogP contribution in [-0.4, -0.2) is 62.0 Å². The zero-order valence-corrected chi connectivity index (χ0v) is 24.3. The molecular weight excluding hydrogens is 560 g/mol. The lowest BCUT2D eigenvalue weighted by atomic mass is 9.64. The number of nitrogens with one attached hydrogen (secondary N) is 3. The van der Waals surface area contributed by atoms with E-state index in [1.807, 2.05) is 48.5 Å². The first-order chi connectivity index (χ1) is 21.4. The number of benzene rings is 2. The second-order valence-corrected chi connectivity index (χ2v) is 11.0. The predicted molar refractivity (Wildman–Crippen MR) is 163 cm³/mol. The van der Waals surface area contributed by atoms with Gasteiger partial charge in [-0.05, 0) is 48.2 Å². The molecule has 228 valence electrons. The Balaban J connectivity index is 1.29. The third kappa shape index (κ3) is 8.00. The highest BCUT2D eigenvalue weighted by molar-refractivity contribution is 5.89. The van der Waals surface area contributed by atoms with Crippen molar-refractivity contribution < 1.29 is 24.2 Å². The largest absolute Gasteiger partial charge is 0.487 e. The molecule has 2 heterocycles. The van der Waals surface area contributed by atoms with Crippen molar-refractivity contribution in [3.63, 3.8) is 0 Å². The minimum absolute atomic E-state index is 0.0562. The number of hydrogen-bond acceptors (Lipinski definition) is 6. The molecule has 5 rings (SSSR count). The van der Waals surface area contributed by atoms with E-state index in [0.717, 1.165) is 30.5 Å². The fourth-order valence-corrected chi connectivity index (χ4v) is 5.41. The number of nitrogens with zero attached hydrogens (tertiary/aromatic N) is 3. The summed E-state index contributed by atoms with van der Waals surface area (Å²) >= 11 is 0. The van der Waals surface area contributed by atoms with Crippen LogP contribution in [-0.2, 0) is 34.6 Å². The number of ether oxygens (including phenoxy) is 1. The number of carboxylic acid groups (broad SMARTS) is 1. The first-order valence-corrected chi connectivity index (χ1v) is 14.6. The number of aromatic nitrogens is 3. The summed E-state index contributed by atoms with van der Waals surface area (Å²) in [7, 11) is 0. The number of pyridine rings is 1. The molecule has 0 unspecified atom stereocenters. The number of rotatable bonds is 14. The van der Waals surface area contributed by atoms with E-state index in [1.165, 1.54) is 23.0 Å². The average Bonchev–Trinajstić information content (AvgIpc) is 3.53. The zero-order chi connectivity index (χ0) is 30.8. The molecule has 0 aliphatic heterocycles. The van der Waals surface area contributed by atoms with Crippen molar-refractivity contribution >= 4 is 17.9 Å². The second-order valence-electron chi connectivity index (χ2n) is 11.0. The highest BCUT2D eigenvalue weighted by Crippen LogP contribution is 2.43. The molecule has 44 heavy (non-hydrogen) atoms. The molecular formula is C33H36N6O5. The van der Waals surface area contributed by atoms with Gasteiger partial charge in [-0.3, -0.25) is 14.6 Å². The lowest BCUT2D eigenvalue weighted by Gasteiger charge is -2.42. The van der Waals surface area contributed by atoms with E-state index in [0.29, 0.717) is 24.6 Å². The van der Waals surface area contributed by atoms with Crippen molar-refractivity contribution in [3.05, 3.63) is 114 Å². The number of amides is 3. The second kappa shape index (κ2) is 14.3. The van der Waals surface area contributed by atoms with Crippen molar-refractivity contribution in [3.8, 4) is 5.75 Å². The van der Waals surface area contributed by atoms with Gasteiger partial charge in [0.2, 0.25) is 11.8 Å². The van der Waals surface area contributed by atoms with Gasteiger partial charge in [0.25, 0.3) is 0 Å². The summed E-state index contributed by atoms with van der Waals surface area (Å²) in [4.78, 5) is 51.3. The fraction of sp³-hybridized carbons (Fsp3) is 0.303. The molecule has 1 atom stereocenters. The average molecular weight is 597 g/mol. The highest BCUT2D eigenvalue weighted by atomic mass is 16.5. The Morgan fingerprint density at radius 3 is 2.43 bits per heavy atom. The van der Waals surface area contributed by atoms with Gasteiger partial charge in [-0.2, -0.15) is 0 Å². The fourth-order valence-electron chi connectivity index (χ4n) is 5.41. The maximum absolute atomic E-state index is 13.8. The van der Waals surface area contributed by atoms with Gasteiger partial charge in [0.05, 0.1) is 18.6 Å². The summed E-state index contributed by atoms with van der Waals surface area (Å²) in [6.45, 7) is 0.635. The molecule has 1 aliphatic carbocycles. The van der Waals surface area contributed by atoms with Crippen molar-refractivity contribution in [2.75, 3.05) is 13.1 Å². The van der Waals surface area contributed by atoms with Gasteiger partial charge in [-0.25, -0.2) is 9.78 Å². The molecule has 1 saturated carbocycles. The Bertz CT molecular complexity index is 1510. The summed E-state index contributed by atoms with van der Waals surface area (Å²) in [5.74, 6) is -0.202. The van der Waals surface area contributed by atoms with E-state index in [9.17, 15) is 19.5 Å². The van der Waals surface area contributed by atoms with Crippen LogP contribution >= 0.6 is 0 Å². The summed E-state index contributed by atoms with van der Waals surface area (Å²) < 4.78 is 5.83. The monoisotopic (exact) mass is 596 g/mol. The Labute approximate surface area is 255 Å². The summed E-state index contributed by atoms with van der Waals surface area (Å²) in [6.07, 6.45) is 6.46. The maximum Gasteiger partial charge on any atom is 0.405 e. The van der Waals surface area contributed by atoms with Crippen LogP contribution in [0, 0.1) is 0 Å². The lowest BCUT2D eigenvalue weighted by Crippen LogP contribution is -2.53. The number of carbonyl (C=O) groups excluding carboxylic acids is 2. The number of imidazole rings is 1. The van der Waals surface area contributed by atoms with E-state index in [4.69, 9.17) is 4.74 Å². The Morgan fingerprint density at radius 1 is 1.02 bits per heavy atom. The van der Waals surface area contributed by atoms with E-state index in [-0.39, 0.29) is 30.8 Å². The van der Waals surface area contributed by atoms with E-state index in [1.54, 1.807) is 18.3 Å². The third-order valence-corrected chi connectivity index (χ3v) is 7.95. The molecule has 1 fully saturated rings. The highest BCUT2D eigenvalue weighted by Gasteiger charge is 2.39. The molecule has 3 amide bonds. The van der Waals surface area contributed by atoms with Crippen molar-refractivity contribution in [2.45, 2.75) is 50.3 Å². The van der Waals surface area contributed by atoms with Crippen molar-refractivity contribution in [2.24, 2.45) is 0 Å². The normalized spacial score (nSPS) is 14.1. The van der Waals surface area contributed by atoms with Crippen LogP contribution in [0.2, 0.25) is 0 Å². The summed E-state index contributed by atoms with van der Waals surface area (Å²) in [5, 5.41) is 14.9. The standard InChI is InChI=1S/C33H36N6O5/c40-30(36-22-33(14-6-15-33)25-7-2-1-3-8-25)20-39(31(41)29(38-32(42)43)17-27-18-34-23-37-27)19-24-10-12-28(13-11-24)44-21-26-9-4-5-16-35-26/h1-5,7-13,16,18,23,29,38H,6,14-15,17,19-22H2,(H,34,37)(H,36,40)(H,42,43)/t29-/m0/s1. The van der Waals surface area contributed by atoms with Gasteiger partial charge in [0, 0.05) is 43.0 Å². The Kier molecular flexibility index (Phi) is 9.85. The SMILES string of the molecule is O=C(O)N[C@@H](Cc1cnc[nH]1)C(=O)N(CC(=O)NCC1(c2ccccc2)CCC1)Cc1ccc(OCc2ccccn2)cc1. The first-order valence-electron chi connectivity index (χ1n) is 14.6. The molecule has 11 heteroatoms. The first kappa shape index (κ1) is 30.3. The topological polar surface area (TPSA) is 150 Å². The van der Waals surface area contributed by atoms with Crippen LogP contribution < -0.4 is 15.4 Å². The number of aromatic amines is 1. The number of H-pyrrole nitrogens is 1. The van der Waals surface area contributed by atoms with Gasteiger partial charge in [0.15, 0.2) is 0 Å². The van der Waals surface area contributed by atoms with E-state index in [2.05, 4.69) is 37.7 Å². The molecule has 0 bridgehead atoms. The molecule has 4 aromatic rings. The third-order valence-electron chi connectivity index (χ3n) is 7.95. The predicted octanol–water partition coefficient (Wildman–Crippen LogP) is 3.83. The summed E-state index contributed by atoms with van der Waals surface area (Å²) in [5.41, 5.74) is 3.21. The molecule has 0 saturated heterocycles. The van der Waals surface area contributed by atoms with Crippen molar-refractivity contribution in [1.29, 1.82) is 0 Å². The van der Waals surface area contributed by atoms with Crippen molar-refractivity contribution in [1.82, 2.24) is 30.5 Å². The molecule has 2 aromatic heterocycles. The van der Waals surface area contributed by atoms with Gasteiger partial charge in [-0.1, -0.05) is 55.0 Å². The van der Waals surface area contributed by atoms with Crippen LogP contribution in [0.4, 0.5) is 4.79 Å².